The molecule has 0 heterocycles. The second kappa shape index (κ2) is 9.63. The zero-order chi connectivity index (χ0) is 18.9. The normalized spacial score (nSPS) is 12.1. The average molecular weight is 351 g/mol. The van der Waals surface area contributed by atoms with Crippen molar-refractivity contribution >= 4 is 18.0 Å². The average Bonchev–Trinajstić information content (AvgIpc) is 2.58. The monoisotopic (exact) mass is 351 g/mol. The van der Waals surface area contributed by atoms with Crippen LogP contribution in [0.2, 0.25) is 0 Å². The number of aliphatic hydroxyl groups is 1. The highest BCUT2D eigenvalue weighted by molar-refractivity contribution is 5.81. The summed E-state index contributed by atoms with van der Waals surface area (Å²) in [4.78, 5) is 33.8. The van der Waals surface area contributed by atoms with Crippen molar-refractivity contribution in [2.45, 2.75) is 33.0 Å². The van der Waals surface area contributed by atoms with E-state index in [-0.39, 0.29) is 26.1 Å². The van der Waals surface area contributed by atoms with Crippen LogP contribution in [0, 0.1) is 5.41 Å². The van der Waals surface area contributed by atoms with Crippen molar-refractivity contribution < 1.29 is 29.3 Å². The fourth-order valence-corrected chi connectivity index (χ4v) is 1.91. The van der Waals surface area contributed by atoms with E-state index in [0.29, 0.717) is 0 Å². The van der Waals surface area contributed by atoms with E-state index in [9.17, 15) is 24.6 Å². The van der Waals surface area contributed by atoms with Crippen LogP contribution in [0.5, 0.6) is 0 Å². The molecule has 0 radical (unpaired) electrons. The highest BCUT2D eigenvalue weighted by Gasteiger charge is 2.33. The van der Waals surface area contributed by atoms with Gasteiger partial charge in [0, 0.05) is 30.9 Å². The number of rotatable bonds is 9. The van der Waals surface area contributed by atoms with Crippen molar-refractivity contribution in [1.29, 1.82) is 0 Å². The Bertz CT molecular complexity index is 588. The van der Waals surface area contributed by atoms with Gasteiger partial charge in [-0.25, -0.2) is 4.79 Å². The van der Waals surface area contributed by atoms with Crippen molar-refractivity contribution in [3.05, 3.63) is 35.9 Å². The van der Waals surface area contributed by atoms with Gasteiger partial charge in [-0.3, -0.25) is 4.79 Å². The highest BCUT2D eigenvalue weighted by atomic mass is 16.5. The molecule has 3 N–H and O–H groups in total. The van der Waals surface area contributed by atoms with Gasteiger partial charge in [0.1, 0.15) is 12.7 Å². The lowest BCUT2D eigenvalue weighted by molar-refractivity contribution is -0.305. The van der Waals surface area contributed by atoms with E-state index in [2.05, 4.69) is 10.6 Å². The van der Waals surface area contributed by atoms with Gasteiger partial charge in [0.25, 0.3) is 0 Å². The summed E-state index contributed by atoms with van der Waals surface area (Å²) in [5.74, 6) is -2.01. The molecule has 1 rings (SSSR count). The molecule has 0 aliphatic carbocycles. The van der Waals surface area contributed by atoms with E-state index in [0.717, 1.165) is 5.56 Å². The van der Waals surface area contributed by atoms with Crippen LogP contribution < -0.4 is 15.7 Å². The SMILES string of the molecule is CC(C)(CNC(=O)OCc1ccccc1)[C@H](O)C(=O)NCCC(=O)[O-]. The lowest BCUT2D eigenvalue weighted by atomic mass is 9.86. The number of aliphatic carboxylic acids is 1. The number of carbonyl (C=O) groups is 3. The molecule has 0 aromatic heterocycles. The Morgan fingerprint density at radius 2 is 1.84 bits per heavy atom. The summed E-state index contributed by atoms with van der Waals surface area (Å²) in [5.41, 5.74) is -0.138. The van der Waals surface area contributed by atoms with E-state index in [1.807, 2.05) is 30.3 Å². The standard InChI is InChI=1S/C17H24N2O6/c1-17(2,14(22)15(23)18-9-8-13(20)21)11-19-16(24)25-10-12-6-4-3-5-7-12/h3-7,14,22H,8-11H2,1-2H3,(H,18,23)(H,19,24)(H,20,21)/p-1/t14-/m1/s1. The number of carboxylic acid groups (broad SMARTS) is 1. The van der Waals surface area contributed by atoms with Crippen LogP contribution >= 0.6 is 0 Å². The fourth-order valence-electron chi connectivity index (χ4n) is 1.91. The van der Waals surface area contributed by atoms with Gasteiger partial charge >= 0.3 is 6.09 Å². The minimum absolute atomic E-state index is 0.00427. The van der Waals surface area contributed by atoms with Crippen LogP contribution in [0.1, 0.15) is 25.8 Å². The highest BCUT2D eigenvalue weighted by Crippen LogP contribution is 2.19. The van der Waals surface area contributed by atoms with Crippen molar-refractivity contribution in [2.24, 2.45) is 5.41 Å². The molecule has 8 nitrogen and oxygen atoms in total. The van der Waals surface area contributed by atoms with Crippen LogP contribution in [-0.2, 0) is 20.9 Å². The minimum Gasteiger partial charge on any atom is -0.550 e. The first kappa shape index (κ1) is 20.4. The van der Waals surface area contributed by atoms with Crippen LogP contribution in [-0.4, -0.2) is 42.3 Å². The van der Waals surface area contributed by atoms with E-state index in [1.165, 1.54) is 0 Å². The third-order valence-corrected chi connectivity index (χ3v) is 3.52. The lowest BCUT2D eigenvalue weighted by Gasteiger charge is -2.29. The van der Waals surface area contributed by atoms with Crippen LogP contribution in [0.25, 0.3) is 0 Å². The molecule has 2 amide bonds. The zero-order valence-electron chi connectivity index (χ0n) is 14.3. The van der Waals surface area contributed by atoms with Crippen molar-refractivity contribution in [3.8, 4) is 0 Å². The molecule has 0 aliphatic rings. The number of benzene rings is 1. The molecule has 0 saturated carbocycles. The van der Waals surface area contributed by atoms with Crippen LogP contribution in [0.3, 0.4) is 0 Å². The number of alkyl carbamates (subject to hydrolysis) is 1. The number of hydrogen-bond donors (Lipinski definition) is 3. The molecule has 0 aliphatic heterocycles. The minimum atomic E-state index is -1.43. The van der Waals surface area contributed by atoms with Crippen LogP contribution in [0.4, 0.5) is 4.79 Å². The maximum atomic E-state index is 11.8. The first-order chi connectivity index (χ1) is 11.7. The Balaban J connectivity index is 2.38. The molecule has 0 unspecified atom stereocenters. The summed E-state index contributed by atoms with van der Waals surface area (Å²) < 4.78 is 5.05. The molecular formula is C17H23N2O6-. The molecule has 0 spiro atoms. The molecule has 0 bridgehead atoms. The van der Waals surface area contributed by atoms with Gasteiger partial charge in [-0.2, -0.15) is 0 Å². The van der Waals surface area contributed by atoms with Crippen molar-refractivity contribution in [2.75, 3.05) is 13.1 Å². The fraction of sp³-hybridized carbons (Fsp3) is 0.471. The molecule has 0 saturated heterocycles. The van der Waals surface area contributed by atoms with Crippen molar-refractivity contribution in [3.63, 3.8) is 0 Å². The van der Waals surface area contributed by atoms with E-state index in [1.54, 1.807) is 13.8 Å². The quantitative estimate of drug-likeness (QED) is 0.553. The first-order valence-corrected chi connectivity index (χ1v) is 7.82. The third-order valence-electron chi connectivity index (χ3n) is 3.52. The first-order valence-electron chi connectivity index (χ1n) is 7.82. The van der Waals surface area contributed by atoms with Gasteiger partial charge in [0.15, 0.2) is 0 Å². The number of carbonyl (C=O) groups excluding carboxylic acids is 3. The van der Waals surface area contributed by atoms with E-state index in [4.69, 9.17) is 4.74 Å². The second-order valence-corrected chi connectivity index (χ2v) is 6.22. The number of ether oxygens (including phenoxy) is 1. The molecule has 1 aromatic carbocycles. The Morgan fingerprint density at radius 3 is 2.44 bits per heavy atom. The number of nitrogens with one attached hydrogen (secondary N) is 2. The van der Waals surface area contributed by atoms with Gasteiger partial charge in [-0.1, -0.05) is 44.2 Å². The van der Waals surface area contributed by atoms with Crippen LogP contribution in [0.15, 0.2) is 30.3 Å². The molecule has 0 fully saturated rings. The smallest absolute Gasteiger partial charge is 0.407 e. The number of hydrogen-bond acceptors (Lipinski definition) is 6. The predicted octanol–water partition coefficient (Wildman–Crippen LogP) is -0.444. The molecule has 8 heteroatoms. The summed E-state index contributed by atoms with van der Waals surface area (Å²) in [7, 11) is 0. The molecule has 25 heavy (non-hydrogen) atoms. The molecular weight excluding hydrogens is 328 g/mol. The van der Waals surface area contributed by atoms with Crippen molar-refractivity contribution in [1.82, 2.24) is 10.6 Å². The van der Waals surface area contributed by atoms with Gasteiger partial charge in [-0.05, 0) is 5.56 Å². The van der Waals surface area contributed by atoms with Gasteiger partial charge in [0.05, 0.1) is 0 Å². The molecule has 1 atom stereocenters. The maximum Gasteiger partial charge on any atom is 0.407 e. The summed E-state index contributed by atoms with van der Waals surface area (Å²) in [6, 6.07) is 9.14. The predicted molar refractivity (Wildman–Crippen MR) is 87.1 cm³/mol. The topological polar surface area (TPSA) is 128 Å². The summed E-state index contributed by atoms with van der Waals surface area (Å²) >= 11 is 0. The van der Waals surface area contributed by atoms with Gasteiger partial charge < -0.3 is 30.4 Å². The summed E-state index contributed by atoms with van der Waals surface area (Å²) in [6.07, 6.45) is -2.44. The second-order valence-electron chi connectivity index (χ2n) is 6.22. The van der Waals surface area contributed by atoms with E-state index < -0.39 is 29.5 Å². The Morgan fingerprint density at radius 1 is 1.20 bits per heavy atom. The maximum absolute atomic E-state index is 11.8. The zero-order valence-corrected chi connectivity index (χ0v) is 14.3. The summed E-state index contributed by atoms with van der Waals surface area (Å²) in [5, 5.41) is 25.2. The van der Waals surface area contributed by atoms with E-state index >= 15 is 0 Å². The Kier molecular flexibility index (Phi) is 7.87. The lowest BCUT2D eigenvalue weighted by Crippen LogP contribution is -2.49. The largest absolute Gasteiger partial charge is 0.550 e. The third kappa shape index (κ3) is 7.67. The number of aliphatic hydroxyl groups excluding tert-OH is 1. The number of amides is 2. The Labute approximate surface area is 146 Å². The Hall–Kier alpha value is -2.61. The molecule has 1 aromatic rings. The van der Waals surface area contributed by atoms with Gasteiger partial charge in [0.2, 0.25) is 5.91 Å². The molecule has 138 valence electrons. The number of carboxylic acids is 1. The summed E-state index contributed by atoms with van der Waals surface area (Å²) in [6.45, 7) is 3.15. The van der Waals surface area contributed by atoms with Gasteiger partial charge in [-0.15, -0.1) is 0 Å².